The predicted molar refractivity (Wildman–Crippen MR) is 74.4 cm³/mol. The van der Waals surface area contributed by atoms with Crippen molar-refractivity contribution in [2.75, 3.05) is 0 Å². The molecule has 0 bridgehead atoms. The Morgan fingerprint density at radius 2 is 2.25 bits per heavy atom. The third-order valence-corrected chi connectivity index (χ3v) is 3.43. The summed E-state index contributed by atoms with van der Waals surface area (Å²) in [7, 11) is 0. The standard InChI is InChI=1S/C15H19N3O2/c1-9-3-6-13(12(7-9)10(2)16)19-8-14-17-15(18-20-14)11-4-5-11/h3,6-7,10-11H,4-5,8,16H2,1-2H3/t10-/m1/s1. The lowest BCUT2D eigenvalue weighted by Crippen LogP contribution is -2.08. The maximum Gasteiger partial charge on any atom is 0.264 e. The predicted octanol–water partition coefficient (Wildman–Crippen LogP) is 2.85. The van der Waals surface area contributed by atoms with Crippen molar-refractivity contribution in [3.8, 4) is 5.75 Å². The Morgan fingerprint density at radius 3 is 2.95 bits per heavy atom. The first kappa shape index (κ1) is 13.1. The first-order valence-corrected chi connectivity index (χ1v) is 6.95. The van der Waals surface area contributed by atoms with Gasteiger partial charge in [-0.25, -0.2) is 0 Å². The maximum atomic E-state index is 5.97. The number of nitrogens with two attached hydrogens (primary N) is 1. The van der Waals surface area contributed by atoms with E-state index in [-0.39, 0.29) is 12.6 Å². The quantitative estimate of drug-likeness (QED) is 0.906. The van der Waals surface area contributed by atoms with E-state index >= 15 is 0 Å². The van der Waals surface area contributed by atoms with Crippen molar-refractivity contribution in [3.63, 3.8) is 0 Å². The Morgan fingerprint density at radius 1 is 1.45 bits per heavy atom. The van der Waals surface area contributed by atoms with Gasteiger partial charge in [0.15, 0.2) is 12.4 Å². The zero-order valence-electron chi connectivity index (χ0n) is 11.8. The lowest BCUT2D eigenvalue weighted by atomic mass is 10.1. The fourth-order valence-corrected chi connectivity index (χ4v) is 2.13. The molecule has 1 aliphatic rings. The molecule has 1 atom stereocenters. The van der Waals surface area contributed by atoms with Crippen molar-refractivity contribution in [2.24, 2.45) is 5.73 Å². The third-order valence-electron chi connectivity index (χ3n) is 3.43. The average molecular weight is 273 g/mol. The van der Waals surface area contributed by atoms with Crippen LogP contribution in [0, 0.1) is 6.92 Å². The van der Waals surface area contributed by atoms with Gasteiger partial charge >= 0.3 is 0 Å². The second kappa shape index (κ2) is 5.25. The summed E-state index contributed by atoms with van der Waals surface area (Å²) in [4.78, 5) is 4.35. The lowest BCUT2D eigenvalue weighted by molar-refractivity contribution is 0.240. The van der Waals surface area contributed by atoms with Gasteiger partial charge in [0.2, 0.25) is 0 Å². The van der Waals surface area contributed by atoms with Crippen molar-refractivity contribution in [1.29, 1.82) is 0 Å². The molecule has 2 aromatic rings. The second-order valence-corrected chi connectivity index (χ2v) is 5.44. The van der Waals surface area contributed by atoms with Gasteiger partial charge in [-0.15, -0.1) is 0 Å². The highest BCUT2D eigenvalue weighted by molar-refractivity contribution is 5.38. The highest BCUT2D eigenvalue weighted by atomic mass is 16.5. The van der Waals surface area contributed by atoms with Gasteiger partial charge < -0.3 is 15.0 Å². The number of rotatable bonds is 5. The molecule has 5 heteroatoms. The van der Waals surface area contributed by atoms with Crippen molar-refractivity contribution in [1.82, 2.24) is 10.1 Å². The molecule has 1 aromatic heterocycles. The van der Waals surface area contributed by atoms with Gasteiger partial charge in [-0.3, -0.25) is 0 Å². The molecule has 0 spiro atoms. The van der Waals surface area contributed by atoms with Crippen molar-refractivity contribution >= 4 is 0 Å². The largest absolute Gasteiger partial charge is 0.483 e. The van der Waals surface area contributed by atoms with Crippen LogP contribution < -0.4 is 10.5 Å². The first-order chi connectivity index (χ1) is 9.63. The Bertz CT molecular complexity index is 603. The molecule has 3 rings (SSSR count). The fourth-order valence-electron chi connectivity index (χ4n) is 2.13. The van der Waals surface area contributed by atoms with E-state index in [0.717, 1.165) is 30.0 Å². The maximum absolute atomic E-state index is 5.97. The van der Waals surface area contributed by atoms with Crippen LogP contribution in [0.1, 0.15) is 54.6 Å². The van der Waals surface area contributed by atoms with Gasteiger partial charge in [-0.2, -0.15) is 4.98 Å². The van der Waals surface area contributed by atoms with E-state index in [1.165, 1.54) is 5.56 Å². The molecule has 0 radical (unpaired) electrons. The van der Waals surface area contributed by atoms with Crippen molar-refractivity contribution in [3.05, 3.63) is 41.0 Å². The van der Waals surface area contributed by atoms with Crippen LogP contribution in [0.5, 0.6) is 5.75 Å². The number of hydrogen-bond donors (Lipinski definition) is 1. The second-order valence-electron chi connectivity index (χ2n) is 5.44. The van der Waals surface area contributed by atoms with Gasteiger partial charge in [-0.05, 0) is 32.8 Å². The van der Waals surface area contributed by atoms with E-state index in [2.05, 4.69) is 10.1 Å². The van der Waals surface area contributed by atoms with E-state index in [4.69, 9.17) is 15.0 Å². The van der Waals surface area contributed by atoms with E-state index < -0.39 is 0 Å². The van der Waals surface area contributed by atoms with Gasteiger partial charge in [0, 0.05) is 17.5 Å². The molecule has 1 aliphatic carbocycles. The average Bonchev–Trinajstić information content (AvgIpc) is 3.17. The summed E-state index contributed by atoms with van der Waals surface area (Å²) in [6.45, 7) is 4.26. The molecule has 5 nitrogen and oxygen atoms in total. The van der Waals surface area contributed by atoms with Crippen molar-refractivity contribution < 1.29 is 9.26 Å². The molecule has 20 heavy (non-hydrogen) atoms. The van der Waals surface area contributed by atoms with Gasteiger partial charge in [0.25, 0.3) is 5.89 Å². The van der Waals surface area contributed by atoms with Crippen LogP contribution in [0.15, 0.2) is 22.7 Å². The van der Waals surface area contributed by atoms with Crippen LogP contribution >= 0.6 is 0 Å². The minimum atomic E-state index is -0.0744. The number of ether oxygens (including phenoxy) is 1. The van der Waals surface area contributed by atoms with Crippen LogP contribution in [-0.2, 0) is 6.61 Å². The Labute approximate surface area is 118 Å². The molecule has 0 amide bonds. The van der Waals surface area contributed by atoms with Crippen LogP contribution in [-0.4, -0.2) is 10.1 Å². The van der Waals surface area contributed by atoms with Crippen LogP contribution in [0.25, 0.3) is 0 Å². The molecular weight excluding hydrogens is 254 g/mol. The summed E-state index contributed by atoms with van der Waals surface area (Å²) in [5.74, 6) is 2.59. The molecule has 1 fully saturated rings. The smallest absolute Gasteiger partial charge is 0.264 e. The van der Waals surface area contributed by atoms with Gasteiger partial charge in [0.05, 0.1) is 0 Å². The molecule has 0 unspecified atom stereocenters. The van der Waals surface area contributed by atoms with Crippen LogP contribution in [0.4, 0.5) is 0 Å². The minimum absolute atomic E-state index is 0.0744. The van der Waals surface area contributed by atoms with E-state index in [1.807, 2.05) is 32.0 Å². The molecule has 0 aliphatic heterocycles. The highest BCUT2D eigenvalue weighted by Crippen LogP contribution is 2.38. The Balaban J connectivity index is 1.70. The summed E-state index contributed by atoms with van der Waals surface area (Å²) in [6, 6.07) is 5.91. The minimum Gasteiger partial charge on any atom is -0.483 e. The Kier molecular flexibility index (Phi) is 3.44. The topological polar surface area (TPSA) is 74.2 Å². The molecule has 106 valence electrons. The number of aromatic nitrogens is 2. The molecule has 1 saturated carbocycles. The number of nitrogens with zero attached hydrogens (tertiary/aromatic N) is 2. The first-order valence-electron chi connectivity index (χ1n) is 6.95. The molecule has 1 aromatic carbocycles. The highest BCUT2D eigenvalue weighted by Gasteiger charge is 2.28. The van der Waals surface area contributed by atoms with Crippen LogP contribution in [0.2, 0.25) is 0 Å². The molecule has 1 heterocycles. The summed E-state index contributed by atoms with van der Waals surface area (Å²) in [6.07, 6.45) is 2.32. The summed E-state index contributed by atoms with van der Waals surface area (Å²) < 4.78 is 11.0. The summed E-state index contributed by atoms with van der Waals surface area (Å²) in [5.41, 5.74) is 8.13. The van der Waals surface area contributed by atoms with Gasteiger partial charge in [0.1, 0.15) is 5.75 Å². The lowest BCUT2D eigenvalue weighted by Gasteiger charge is -2.13. The molecule has 2 N–H and O–H groups in total. The summed E-state index contributed by atoms with van der Waals surface area (Å²) >= 11 is 0. The Hall–Kier alpha value is -1.88. The van der Waals surface area contributed by atoms with E-state index in [0.29, 0.717) is 11.8 Å². The zero-order valence-corrected chi connectivity index (χ0v) is 11.8. The number of hydrogen-bond acceptors (Lipinski definition) is 5. The SMILES string of the molecule is Cc1ccc(OCc2nc(C3CC3)no2)c([C@@H](C)N)c1. The van der Waals surface area contributed by atoms with Crippen LogP contribution in [0.3, 0.4) is 0 Å². The molecule has 0 saturated heterocycles. The van der Waals surface area contributed by atoms with E-state index in [9.17, 15) is 0 Å². The number of benzene rings is 1. The fraction of sp³-hybridized carbons (Fsp3) is 0.467. The zero-order chi connectivity index (χ0) is 14.1. The third kappa shape index (κ3) is 2.82. The van der Waals surface area contributed by atoms with E-state index in [1.54, 1.807) is 0 Å². The monoisotopic (exact) mass is 273 g/mol. The van der Waals surface area contributed by atoms with Crippen molar-refractivity contribution in [2.45, 2.75) is 45.3 Å². The summed E-state index contributed by atoms with van der Waals surface area (Å²) in [5, 5.41) is 3.97. The molecular formula is C15H19N3O2. The normalized spacial score (nSPS) is 16.1. The number of aryl methyl sites for hydroxylation is 1. The van der Waals surface area contributed by atoms with Gasteiger partial charge in [-0.1, -0.05) is 22.9 Å².